The van der Waals surface area contributed by atoms with Crippen LogP contribution in [0.5, 0.6) is 17.2 Å². The summed E-state index contributed by atoms with van der Waals surface area (Å²) in [7, 11) is 2.98. The third-order valence-electron chi connectivity index (χ3n) is 3.98. The highest BCUT2D eigenvalue weighted by Gasteiger charge is 2.14. The molecule has 2 aromatic rings. The molecule has 0 spiro atoms. The molecule has 2 rings (SSSR count). The van der Waals surface area contributed by atoms with Crippen molar-refractivity contribution in [1.82, 2.24) is 4.90 Å². The van der Waals surface area contributed by atoms with Crippen LogP contribution in [-0.2, 0) is 17.8 Å². The minimum Gasteiger partial charge on any atom is -0.493 e. The van der Waals surface area contributed by atoms with Crippen molar-refractivity contribution in [2.45, 2.75) is 26.5 Å². The second-order valence-corrected chi connectivity index (χ2v) is 5.90. The summed E-state index contributed by atoms with van der Waals surface area (Å²) in [5.41, 5.74) is 1.82. The molecule has 0 saturated heterocycles. The van der Waals surface area contributed by atoms with E-state index in [1.54, 1.807) is 13.1 Å². The molecular formula is C20H23F2NO4. The van der Waals surface area contributed by atoms with Gasteiger partial charge in [-0.05, 0) is 41.8 Å². The molecule has 0 unspecified atom stereocenters. The standard InChI is InChI=1S/C20H23F2NO4/c1-4-14-5-8-16(9-6-14)26-13-19(24)23(2)12-15-7-10-17(25-3)18(11-15)27-20(21)22/h5-11,20H,4,12-13H2,1-3H3. The van der Waals surface area contributed by atoms with Crippen LogP contribution in [0.1, 0.15) is 18.1 Å². The Hall–Kier alpha value is -2.83. The Balaban J connectivity index is 1.94. The first-order valence-corrected chi connectivity index (χ1v) is 8.50. The van der Waals surface area contributed by atoms with E-state index >= 15 is 0 Å². The van der Waals surface area contributed by atoms with Crippen LogP contribution in [0.25, 0.3) is 0 Å². The van der Waals surface area contributed by atoms with Gasteiger partial charge in [-0.3, -0.25) is 4.79 Å². The molecule has 0 aliphatic heterocycles. The third kappa shape index (κ3) is 6.13. The highest BCUT2D eigenvalue weighted by molar-refractivity contribution is 5.77. The molecule has 27 heavy (non-hydrogen) atoms. The number of ether oxygens (including phenoxy) is 3. The topological polar surface area (TPSA) is 48.0 Å². The number of amides is 1. The first-order valence-electron chi connectivity index (χ1n) is 8.50. The SMILES string of the molecule is CCc1ccc(OCC(=O)N(C)Cc2ccc(OC)c(OC(F)F)c2)cc1. The summed E-state index contributed by atoms with van der Waals surface area (Å²) in [6, 6.07) is 12.2. The highest BCUT2D eigenvalue weighted by atomic mass is 19.3. The maximum Gasteiger partial charge on any atom is 0.387 e. The lowest BCUT2D eigenvalue weighted by molar-refractivity contribution is -0.132. The van der Waals surface area contributed by atoms with Crippen LogP contribution in [0.15, 0.2) is 42.5 Å². The largest absolute Gasteiger partial charge is 0.493 e. The lowest BCUT2D eigenvalue weighted by atomic mass is 10.2. The second-order valence-electron chi connectivity index (χ2n) is 5.90. The lowest BCUT2D eigenvalue weighted by Gasteiger charge is -2.19. The predicted molar refractivity (Wildman–Crippen MR) is 97.4 cm³/mol. The Kier molecular flexibility index (Phi) is 7.40. The minimum absolute atomic E-state index is 0.0712. The Labute approximate surface area is 157 Å². The monoisotopic (exact) mass is 379 g/mol. The fourth-order valence-electron chi connectivity index (χ4n) is 2.45. The van der Waals surface area contributed by atoms with Crippen LogP contribution in [0.4, 0.5) is 8.78 Å². The van der Waals surface area contributed by atoms with E-state index in [1.807, 2.05) is 24.3 Å². The summed E-state index contributed by atoms with van der Waals surface area (Å²) in [4.78, 5) is 13.7. The van der Waals surface area contributed by atoms with Gasteiger partial charge in [0, 0.05) is 13.6 Å². The number of aryl methyl sites for hydroxylation is 1. The van der Waals surface area contributed by atoms with Gasteiger partial charge in [0.25, 0.3) is 5.91 Å². The Morgan fingerprint density at radius 2 is 1.74 bits per heavy atom. The quantitative estimate of drug-likeness (QED) is 0.663. The molecule has 0 atom stereocenters. The number of benzene rings is 2. The zero-order valence-corrected chi connectivity index (χ0v) is 15.6. The predicted octanol–water partition coefficient (Wildman–Crippen LogP) is 3.90. The Morgan fingerprint density at radius 1 is 1.07 bits per heavy atom. The van der Waals surface area contributed by atoms with Crippen LogP contribution in [0.2, 0.25) is 0 Å². The summed E-state index contributed by atoms with van der Waals surface area (Å²) in [5, 5.41) is 0. The van der Waals surface area contributed by atoms with Crippen LogP contribution < -0.4 is 14.2 Å². The fourth-order valence-corrected chi connectivity index (χ4v) is 2.45. The molecule has 0 aromatic heterocycles. The molecule has 0 radical (unpaired) electrons. The summed E-state index contributed by atoms with van der Waals surface area (Å²) in [6.45, 7) is -0.786. The molecular weight excluding hydrogens is 356 g/mol. The normalized spacial score (nSPS) is 10.6. The molecule has 7 heteroatoms. The maximum absolute atomic E-state index is 12.5. The lowest BCUT2D eigenvalue weighted by Crippen LogP contribution is -2.31. The summed E-state index contributed by atoms with van der Waals surface area (Å²) < 4.78 is 40.0. The molecule has 0 N–H and O–H groups in total. The van der Waals surface area contributed by atoms with Crippen molar-refractivity contribution in [2.75, 3.05) is 20.8 Å². The molecule has 0 bridgehead atoms. The number of hydrogen-bond acceptors (Lipinski definition) is 4. The van der Waals surface area contributed by atoms with E-state index in [2.05, 4.69) is 11.7 Å². The van der Waals surface area contributed by atoms with E-state index in [4.69, 9.17) is 9.47 Å². The number of methoxy groups -OCH3 is 1. The van der Waals surface area contributed by atoms with Crippen molar-refractivity contribution in [1.29, 1.82) is 0 Å². The van der Waals surface area contributed by atoms with Crippen molar-refractivity contribution >= 4 is 5.91 Å². The summed E-state index contributed by atoms with van der Waals surface area (Å²) in [5.74, 6) is 0.512. The first kappa shape index (κ1) is 20.5. The minimum atomic E-state index is -2.96. The molecule has 0 fully saturated rings. The second kappa shape index (κ2) is 9.75. The number of carbonyl (C=O) groups is 1. The number of halogens is 2. The zero-order chi connectivity index (χ0) is 19.8. The van der Waals surface area contributed by atoms with E-state index < -0.39 is 6.61 Å². The Morgan fingerprint density at radius 3 is 2.33 bits per heavy atom. The number of likely N-dealkylation sites (N-methyl/N-ethyl adjacent to an activating group) is 1. The van der Waals surface area contributed by atoms with Gasteiger partial charge in [0.2, 0.25) is 0 Å². The van der Waals surface area contributed by atoms with Crippen molar-refractivity contribution in [3.63, 3.8) is 0 Å². The van der Waals surface area contributed by atoms with Crippen LogP contribution in [0, 0.1) is 0 Å². The molecule has 0 aliphatic rings. The molecule has 0 aliphatic carbocycles. The van der Waals surface area contributed by atoms with E-state index in [9.17, 15) is 13.6 Å². The molecule has 2 aromatic carbocycles. The van der Waals surface area contributed by atoms with Gasteiger partial charge in [-0.2, -0.15) is 8.78 Å². The Bertz CT molecular complexity index is 750. The van der Waals surface area contributed by atoms with Gasteiger partial charge < -0.3 is 19.1 Å². The summed E-state index contributed by atoms with van der Waals surface area (Å²) in [6.07, 6.45) is 0.932. The van der Waals surface area contributed by atoms with Gasteiger partial charge in [-0.1, -0.05) is 25.1 Å². The first-order chi connectivity index (χ1) is 12.9. The van der Waals surface area contributed by atoms with Crippen molar-refractivity contribution < 1.29 is 27.8 Å². The molecule has 1 amide bonds. The van der Waals surface area contributed by atoms with Gasteiger partial charge in [0.15, 0.2) is 18.1 Å². The number of alkyl halides is 2. The van der Waals surface area contributed by atoms with Crippen molar-refractivity contribution in [2.24, 2.45) is 0 Å². The van der Waals surface area contributed by atoms with E-state index in [1.165, 1.54) is 29.7 Å². The maximum atomic E-state index is 12.5. The highest BCUT2D eigenvalue weighted by Crippen LogP contribution is 2.29. The van der Waals surface area contributed by atoms with Crippen LogP contribution >= 0.6 is 0 Å². The van der Waals surface area contributed by atoms with Crippen LogP contribution in [0.3, 0.4) is 0 Å². The van der Waals surface area contributed by atoms with Gasteiger partial charge >= 0.3 is 6.61 Å². The number of carbonyl (C=O) groups excluding carboxylic acids is 1. The van der Waals surface area contributed by atoms with Gasteiger partial charge in [-0.25, -0.2) is 0 Å². The fraction of sp³-hybridized carbons (Fsp3) is 0.350. The number of hydrogen-bond donors (Lipinski definition) is 0. The average Bonchev–Trinajstić information content (AvgIpc) is 2.66. The summed E-state index contributed by atoms with van der Waals surface area (Å²) >= 11 is 0. The van der Waals surface area contributed by atoms with E-state index in [0.717, 1.165) is 6.42 Å². The van der Waals surface area contributed by atoms with Gasteiger partial charge in [0.1, 0.15) is 5.75 Å². The smallest absolute Gasteiger partial charge is 0.387 e. The average molecular weight is 379 g/mol. The molecule has 146 valence electrons. The number of rotatable bonds is 9. The van der Waals surface area contributed by atoms with Gasteiger partial charge in [-0.15, -0.1) is 0 Å². The van der Waals surface area contributed by atoms with Crippen LogP contribution in [-0.4, -0.2) is 38.2 Å². The zero-order valence-electron chi connectivity index (χ0n) is 15.6. The van der Waals surface area contributed by atoms with Crippen molar-refractivity contribution in [3.8, 4) is 17.2 Å². The van der Waals surface area contributed by atoms with Gasteiger partial charge in [0.05, 0.1) is 7.11 Å². The van der Waals surface area contributed by atoms with E-state index in [0.29, 0.717) is 11.3 Å². The van der Waals surface area contributed by atoms with Crippen molar-refractivity contribution in [3.05, 3.63) is 53.6 Å². The van der Waals surface area contributed by atoms with E-state index in [-0.39, 0.29) is 30.6 Å². The number of nitrogens with zero attached hydrogens (tertiary/aromatic N) is 1. The third-order valence-corrected chi connectivity index (χ3v) is 3.98. The molecule has 0 heterocycles. The molecule has 0 saturated carbocycles. The molecule has 5 nitrogen and oxygen atoms in total.